The highest BCUT2D eigenvalue weighted by Gasteiger charge is 2.18. The van der Waals surface area contributed by atoms with Gasteiger partial charge in [-0.25, -0.2) is 0 Å². The normalized spacial score (nSPS) is 14.3. The summed E-state index contributed by atoms with van der Waals surface area (Å²) in [6, 6.07) is 7.95. The maximum atomic E-state index is 9.67. The fourth-order valence-corrected chi connectivity index (χ4v) is 3.10. The van der Waals surface area contributed by atoms with Gasteiger partial charge in [0.25, 0.3) is 0 Å². The molecule has 1 aromatic carbocycles. The van der Waals surface area contributed by atoms with E-state index in [1.54, 1.807) is 7.11 Å². The van der Waals surface area contributed by atoms with Crippen LogP contribution < -0.4 is 9.47 Å². The highest BCUT2D eigenvalue weighted by Crippen LogP contribution is 2.30. The lowest BCUT2D eigenvalue weighted by Crippen LogP contribution is -2.05. The van der Waals surface area contributed by atoms with Crippen LogP contribution in [-0.4, -0.2) is 28.5 Å². The van der Waals surface area contributed by atoms with E-state index in [0.717, 1.165) is 43.6 Å². The van der Waals surface area contributed by atoms with Crippen LogP contribution in [-0.2, 0) is 13.0 Å². The topological polar surface area (TPSA) is 73.0 Å². The number of ether oxygens (including phenoxy) is 2. The minimum Gasteiger partial charge on any atom is -0.493 e. The van der Waals surface area contributed by atoms with E-state index < -0.39 is 0 Å². The summed E-state index contributed by atoms with van der Waals surface area (Å²) in [7, 11) is 1.62. The number of hydrogen-bond acceptors (Lipinski definition) is 5. The van der Waals surface area contributed by atoms with Crippen LogP contribution in [0.4, 0.5) is 0 Å². The number of aryl methyl sites for hydroxylation is 1. The Morgan fingerprint density at radius 3 is 2.92 bits per heavy atom. The fraction of sp³-hybridized carbons (Fsp3) is 0.450. The van der Waals surface area contributed by atoms with Crippen molar-refractivity contribution < 1.29 is 9.47 Å². The highest BCUT2D eigenvalue weighted by molar-refractivity contribution is 5.87. The number of allylic oxidation sites excluding steroid dienone is 1. The molecule has 0 amide bonds. The van der Waals surface area contributed by atoms with Crippen LogP contribution in [0.1, 0.15) is 49.8 Å². The third-order valence-electron chi connectivity index (χ3n) is 4.43. The zero-order valence-corrected chi connectivity index (χ0v) is 15.4. The Morgan fingerprint density at radius 2 is 2.15 bits per heavy atom. The van der Waals surface area contributed by atoms with Crippen molar-refractivity contribution in [1.82, 2.24) is 14.8 Å². The molecule has 3 rings (SSSR count). The number of nitrogens with zero attached hydrogens (tertiary/aromatic N) is 4. The summed E-state index contributed by atoms with van der Waals surface area (Å²) in [6.07, 6.45) is 7.08. The lowest BCUT2D eigenvalue weighted by Gasteiger charge is -2.11. The molecule has 0 bridgehead atoms. The third-order valence-corrected chi connectivity index (χ3v) is 4.43. The van der Waals surface area contributed by atoms with Crippen molar-refractivity contribution in [3.63, 3.8) is 0 Å². The van der Waals surface area contributed by atoms with Crippen molar-refractivity contribution in [2.75, 3.05) is 13.7 Å². The van der Waals surface area contributed by atoms with E-state index in [0.29, 0.717) is 29.5 Å². The Kier molecular flexibility index (Phi) is 5.90. The van der Waals surface area contributed by atoms with Gasteiger partial charge in [-0.1, -0.05) is 19.4 Å². The molecule has 0 unspecified atom stereocenters. The van der Waals surface area contributed by atoms with Gasteiger partial charge in [0, 0.05) is 13.0 Å². The average molecular weight is 352 g/mol. The lowest BCUT2D eigenvalue weighted by molar-refractivity contribution is 0.294. The van der Waals surface area contributed by atoms with Crippen molar-refractivity contribution in [3.05, 3.63) is 35.4 Å². The molecule has 26 heavy (non-hydrogen) atoms. The first-order valence-corrected chi connectivity index (χ1v) is 9.12. The molecule has 6 nitrogen and oxygen atoms in total. The van der Waals surface area contributed by atoms with E-state index in [4.69, 9.17) is 9.47 Å². The number of aromatic nitrogens is 3. The predicted octanol–water partition coefficient (Wildman–Crippen LogP) is 3.87. The Labute approximate surface area is 154 Å². The molecule has 1 aliphatic heterocycles. The number of methoxy groups -OCH3 is 1. The van der Waals surface area contributed by atoms with Gasteiger partial charge in [0.2, 0.25) is 0 Å². The quantitative estimate of drug-likeness (QED) is 0.738. The van der Waals surface area contributed by atoms with Crippen LogP contribution >= 0.6 is 0 Å². The molecular weight excluding hydrogens is 328 g/mol. The summed E-state index contributed by atoms with van der Waals surface area (Å²) in [4.78, 5) is 0. The van der Waals surface area contributed by atoms with Crippen LogP contribution in [0.2, 0.25) is 0 Å². The van der Waals surface area contributed by atoms with Gasteiger partial charge in [0.15, 0.2) is 17.3 Å². The largest absolute Gasteiger partial charge is 0.493 e. The van der Waals surface area contributed by atoms with Crippen LogP contribution in [0.25, 0.3) is 11.6 Å². The first-order chi connectivity index (χ1) is 12.8. The van der Waals surface area contributed by atoms with E-state index in [-0.39, 0.29) is 0 Å². The van der Waals surface area contributed by atoms with Gasteiger partial charge < -0.3 is 14.0 Å². The zero-order chi connectivity index (χ0) is 18.4. The molecule has 0 atom stereocenters. The van der Waals surface area contributed by atoms with Gasteiger partial charge >= 0.3 is 0 Å². The number of fused-ring (bicyclic) bond motifs is 1. The van der Waals surface area contributed by atoms with Gasteiger partial charge in [-0.2, -0.15) is 5.26 Å². The van der Waals surface area contributed by atoms with Crippen molar-refractivity contribution >= 4 is 11.6 Å². The molecule has 136 valence electrons. The molecule has 0 radical (unpaired) electrons. The third kappa shape index (κ3) is 3.88. The average Bonchev–Trinajstić information content (AvgIpc) is 2.92. The summed E-state index contributed by atoms with van der Waals surface area (Å²) in [5.41, 5.74) is 1.38. The molecule has 0 N–H and O–H groups in total. The molecule has 0 aliphatic carbocycles. The van der Waals surface area contributed by atoms with Gasteiger partial charge in [-0.15, -0.1) is 10.2 Å². The summed E-state index contributed by atoms with van der Waals surface area (Å²) >= 11 is 0. The molecule has 1 aromatic heterocycles. The van der Waals surface area contributed by atoms with E-state index in [1.807, 2.05) is 24.3 Å². The van der Waals surface area contributed by atoms with Gasteiger partial charge in [-0.3, -0.25) is 0 Å². The van der Waals surface area contributed by atoms with Gasteiger partial charge in [0.05, 0.1) is 19.3 Å². The Morgan fingerprint density at radius 1 is 1.27 bits per heavy atom. The van der Waals surface area contributed by atoms with Crippen LogP contribution in [0, 0.1) is 11.3 Å². The first kappa shape index (κ1) is 18.0. The van der Waals surface area contributed by atoms with Crippen LogP contribution in [0.3, 0.4) is 0 Å². The molecule has 6 heteroatoms. The maximum Gasteiger partial charge on any atom is 0.174 e. The monoisotopic (exact) mass is 352 g/mol. The summed E-state index contributed by atoms with van der Waals surface area (Å²) in [5.74, 6) is 2.99. The van der Waals surface area contributed by atoms with Crippen LogP contribution in [0.15, 0.2) is 18.2 Å². The molecular formula is C20H24N4O2. The Bertz CT molecular complexity index is 833. The number of nitriles is 1. The molecule has 0 saturated heterocycles. The summed E-state index contributed by atoms with van der Waals surface area (Å²) < 4.78 is 13.2. The maximum absolute atomic E-state index is 9.67. The van der Waals surface area contributed by atoms with E-state index in [9.17, 15) is 5.26 Å². The zero-order valence-electron chi connectivity index (χ0n) is 15.4. The standard InChI is InChI=1S/C20H24N4O2/c1-3-11-26-17-9-8-15(13-18(17)25-2)12-16(14-21)20-23-22-19-7-5-4-6-10-24(19)20/h8-9,12-13H,3-7,10-11H2,1-2H3/b16-12+. The Hall–Kier alpha value is -2.81. The second-order valence-electron chi connectivity index (χ2n) is 6.33. The number of hydrogen-bond donors (Lipinski definition) is 0. The minimum atomic E-state index is 0.509. The van der Waals surface area contributed by atoms with Crippen molar-refractivity contribution in [2.45, 2.75) is 45.6 Å². The van der Waals surface area contributed by atoms with Crippen molar-refractivity contribution in [3.8, 4) is 17.6 Å². The molecule has 0 spiro atoms. The van der Waals surface area contributed by atoms with Crippen LogP contribution in [0.5, 0.6) is 11.5 Å². The summed E-state index contributed by atoms with van der Waals surface area (Å²) in [5, 5.41) is 18.2. The molecule has 0 saturated carbocycles. The SMILES string of the molecule is CCCOc1ccc(/C=C(\C#N)c2nnc3n2CCCCC3)cc1OC. The minimum absolute atomic E-state index is 0.509. The molecule has 1 aliphatic rings. The molecule has 2 heterocycles. The van der Waals surface area contributed by atoms with Crippen molar-refractivity contribution in [1.29, 1.82) is 5.26 Å². The molecule has 2 aromatic rings. The van der Waals surface area contributed by atoms with Crippen molar-refractivity contribution in [2.24, 2.45) is 0 Å². The number of benzene rings is 1. The fourth-order valence-electron chi connectivity index (χ4n) is 3.10. The van der Waals surface area contributed by atoms with Gasteiger partial charge in [0.1, 0.15) is 11.9 Å². The predicted molar refractivity (Wildman–Crippen MR) is 99.8 cm³/mol. The van der Waals surface area contributed by atoms with E-state index in [1.165, 1.54) is 6.42 Å². The second-order valence-corrected chi connectivity index (χ2v) is 6.33. The Balaban J connectivity index is 1.93. The number of rotatable bonds is 6. The van der Waals surface area contributed by atoms with E-state index >= 15 is 0 Å². The molecule has 0 fully saturated rings. The van der Waals surface area contributed by atoms with E-state index in [2.05, 4.69) is 27.8 Å². The second kappa shape index (κ2) is 8.52. The smallest absolute Gasteiger partial charge is 0.174 e. The first-order valence-electron chi connectivity index (χ1n) is 9.12. The summed E-state index contributed by atoms with van der Waals surface area (Å²) in [6.45, 7) is 3.56. The lowest BCUT2D eigenvalue weighted by atomic mass is 10.1. The highest BCUT2D eigenvalue weighted by atomic mass is 16.5. The van der Waals surface area contributed by atoms with Gasteiger partial charge in [-0.05, 0) is 43.0 Å².